The van der Waals surface area contributed by atoms with Crippen molar-refractivity contribution in [3.05, 3.63) is 0 Å². The second-order valence-corrected chi connectivity index (χ2v) is 7.06. The molecule has 1 aliphatic heterocycles. The van der Waals surface area contributed by atoms with Crippen LogP contribution >= 0.6 is 0 Å². The fourth-order valence-corrected chi connectivity index (χ4v) is 3.93. The molecule has 1 saturated carbocycles. The largest absolute Gasteiger partial charge is 0.394 e. The third kappa shape index (κ3) is 4.44. The highest BCUT2D eigenvalue weighted by Gasteiger charge is 2.32. The minimum atomic E-state index is -0.379. The Morgan fingerprint density at radius 3 is 2.58 bits per heavy atom. The van der Waals surface area contributed by atoms with E-state index in [4.69, 9.17) is 10.8 Å². The molecule has 2 unspecified atom stereocenters. The summed E-state index contributed by atoms with van der Waals surface area (Å²) in [6, 6.07) is 0.879. The number of aliphatic hydroxyl groups is 1. The molecule has 0 aromatic rings. The smallest absolute Gasteiger partial charge is 0.0608 e. The molecule has 2 aliphatic rings. The maximum atomic E-state index is 9.16. The highest BCUT2D eigenvalue weighted by atomic mass is 16.3. The maximum absolute atomic E-state index is 9.16. The first-order valence-electron chi connectivity index (χ1n) is 8.26. The predicted octanol–water partition coefficient (Wildman–Crippen LogP) is 2.52. The van der Waals surface area contributed by atoms with Crippen LogP contribution in [-0.4, -0.2) is 41.3 Å². The summed E-state index contributed by atoms with van der Waals surface area (Å²) in [5.41, 5.74) is 5.59. The second-order valence-electron chi connectivity index (χ2n) is 7.06. The lowest BCUT2D eigenvalue weighted by molar-refractivity contribution is 0.176. The van der Waals surface area contributed by atoms with Crippen LogP contribution in [0, 0.1) is 5.92 Å². The molecule has 3 heteroatoms. The number of nitrogens with zero attached hydrogens (tertiary/aromatic N) is 1. The summed E-state index contributed by atoms with van der Waals surface area (Å²) in [6.07, 6.45) is 12.0. The first-order valence-corrected chi connectivity index (χ1v) is 8.26. The van der Waals surface area contributed by atoms with Gasteiger partial charge in [0.05, 0.1) is 6.61 Å². The van der Waals surface area contributed by atoms with Crippen molar-refractivity contribution in [1.82, 2.24) is 4.90 Å². The van der Waals surface area contributed by atoms with E-state index in [1.54, 1.807) is 0 Å². The molecule has 0 aromatic carbocycles. The lowest BCUT2D eigenvalue weighted by Gasteiger charge is -2.29. The van der Waals surface area contributed by atoms with Crippen molar-refractivity contribution in [2.75, 3.05) is 19.7 Å². The molecule has 2 rings (SSSR count). The van der Waals surface area contributed by atoms with Crippen LogP contribution < -0.4 is 5.73 Å². The molecule has 2 fully saturated rings. The molecule has 0 aromatic heterocycles. The van der Waals surface area contributed by atoms with Crippen molar-refractivity contribution in [1.29, 1.82) is 0 Å². The number of rotatable bonds is 7. The molecule has 0 spiro atoms. The number of likely N-dealkylation sites (tertiary alicyclic amines) is 1. The zero-order valence-electron chi connectivity index (χ0n) is 12.6. The SMILES string of the molecule is CC(N)(CO)CCCCN1CCCC1C1CCCC1. The number of nitrogens with two attached hydrogens (primary N) is 1. The van der Waals surface area contributed by atoms with Crippen LogP contribution in [0.15, 0.2) is 0 Å². The third-order valence-electron chi connectivity index (χ3n) is 5.16. The molecule has 2 atom stereocenters. The molecular weight excluding hydrogens is 236 g/mol. The van der Waals surface area contributed by atoms with Gasteiger partial charge in [-0.3, -0.25) is 0 Å². The highest BCUT2D eigenvalue weighted by molar-refractivity contribution is 4.87. The first-order chi connectivity index (χ1) is 9.12. The summed E-state index contributed by atoms with van der Waals surface area (Å²) in [5, 5.41) is 9.16. The van der Waals surface area contributed by atoms with Gasteiger partial charge in [0.1, 0.15) is 0 Å². The molecule has 1 aliphatic carbocycles. The van der Waals surface area contributed by atoms with Crippen LogP contribution in [0.1, 0.15) is 64.7 Å². The van der Waals surface area contributed by atoms with Gasteiger partial charge in [-0.15, -0.1) is 0 Å². The summed E-state index contributed by atoms with van der Waals surface area (Å²) >= 11 is 0. The molecule has 0 bridgehead atoms. The van der Waals surface area contributed by atoms with E-state index >= 15 is 0 Å². The average molecular weight is 268 g/mol. The van der Waals surface area contributed by atoms with Crippen LogP contribution in [-0.2, 0) is 0 Å². The van der Waals surface area contributed by atoms with Crippen LogP contribution in [0.4, 0.5) is 0 Å². The molecule has 0 radical (unpaired) electrons. The van der Waals surface area contributed by atoms with Gasteiger partial charge in [0.25, 0.3) is 0 Å². The Morgan fingerprint density at radius 2 is 1.89 bits per heavy atom. The van der Waals surface area contributed by atoms with Gasteiger partial charge in [-0.2, -0.15) is 0 Å². The van der Waals surface area contributed by atoms with E-state index in [0.717, 1.165) is 24.8 Å². The standard InChI is InChI=1S/C16H32N2O/c1-16(17,13-19)10-4-5-11-18-12-6-9-15(18)14-7-2-3-8-14/h14-15,19H,2-13,17H2,1H3. The van der Waals surface area contributed by atoms with E-state index in [0.29, 0.717) is 0 Å². The van der Waals surface area contributed by atoms with Gasteiger partial charge < -0.3 is 15.7 Å². The van der Waals surface area contributed by atoms with Gasteiger partial charge in [-0.1, -0.05) is 19.3 Å². The van der Waals surface area contributed by atoms with Crippen molar-refractivity contribution in [2.45, 2.75) is 76.3 Å². The normalized spacial score (nSPS) is 28.9. The zero-order valence-corrected chi connectivity index (χ0v) is 12.6. The highest BCUT2D eigenvalue weighted by Crippen LogP contribution is 2.35. The summed E-state index contributed by atoms with van der Waals surface area (Å²) in [5.74, 6) is 0.986. The average Bonchev–Trinajstić information content (AvgIpc) is 3.05. The number of unbranched alkanes of at least 4 members (excludes halogenated alkanes) is 1. The Morgan fingerprint density at radius 1 is 1.16 bits per heavy atom. The van der Waals surface area contributed by atoms with E-state index in [2.05, 4.69) is 4.90 Å². The molecule has 3 nitrogen and oxygen atoms in total. The van der Waals surface area contributed by atoms with E-state index in [1.807, 2.05) is 6.92 Å². The van der Waals surface area contributed by atoms with Crippen molar-refractivity contribution in [2.24, 2.45) is 11.7 Å². The van der Waals surface area contributed by atoms with Crippen LogP contribution in [0.3, 0.4) is 0 Å². The van der Waals surface area contributed by atoms with E-state index in [9.17, 15) is 0 Å². The summed E-state index contributed by atoms with van der Waals surface area (Å²) < 4.78 is 0. The van der Waals surface area contributed by atoms with Gasteiger partial charge in [0.15, 0.2) is 0 Å². The maximum Gasteiger partial charge on any atom is 0.0608 e. The van der Waals surface area contributed by atoms with Crippen LogP contribution in [0.2, 0.25) is 0 Å². The van der Waals surface area contributed by atoms with Crippen LogP contribution in [0.25, 0.3) is 0 Å². The lowest BCUT2D eigenvalue weighted by Crippen LogP contribution is -2.40. The summed E-state index contributed by atoms with van der Waals surface area (Å²) in [4.78, 5) is 2.74. The Balaban J connectivity index is 1.67. The number of aliphatic hydroxyl groups excluding tert-OH is 1. The molecular formula is C16H32N2O. The molecule has 3 N–H and O–H groups in total. The first kappa shape index (κ1) is 15.3. The van der Waals surface area contributed by atoms with Crippen molar-refractivity contribution in [3.8, 4) is 0 Å². The number of hydrogen-bond acceptors (Lipinski definition) is 3. The van der Waals surface area contributed by atoms with E-state index in [1.165, 1.54) is 58.0 Å². The van der Waals surface area contributed by atoms with Gasteiger partial charge in [0, 0.05) is 11.6 Å². The minimum absolute atomic E-state index is 0.0986. The monoisotopic (exact) mass is 268 g/mol. The van der Waals surface area contributed by atoms with Crippen LogP contribution in [0.5, 0.6) is 0 Å². The van der Waals surface area contributed by atoms with Gasteiger partial charge in [0.2, 0.25) is 0 Å². The van der Waals surface area contributed by atoms with Gasteiger partial charge >= 0.3 is 0 Å². The fourth-order valence-electron chi connectivity index (χ4n) is 3.93. The van der Waals surface area contributed by atoms with Crippen molar-refractivity contribution >= 4 is 0 Å². The molecule has 1 saturated heterocycles. The number of hydrogen-bond donors (Lipinski definition) is 2. The topological polar surface area (TPSA) is 49.5 Å². The third-order valence-corrected chi connectivity index (χ3v) is 5.16. The quantitative estimate of drug-likeness (QED) is 0.698. The van der Waals surface area contributed by atoms with Gasteiger partial charge in [-0.05, 0) is 64.5 Å². The van der Waals surface area contributed by atoms with E-state index < -0.39 is 0 Å². The lowest BCUT2D eigenvalue weighted by atomic mass is 9.95. The zero-order chi connectivity index (χ0) is 13.7. The van der Waals surface area contributed by atoms with Gasteiger partial charge in [-0.25, -0.2) is 0 Å². The molecule has 112 valence electrons. The minimum Gasteiger partial charge on any atom is -0.394 e. The summed E-state index contributed by atoms with van der Waals surface area (Å²) in [6.45, 7) is 4.59. The van der Waals surface area contributed by atoms with Crippen molar-refractivity contribution < 1.29 is 5.11 Å². The Labute approximate surface area is 118 Å². The Kier molecular flexibility index (Phi) is 5.67. The molecule has 1 heterocycles. The Hall–Kier alpha value is -0.120. The molecule has 19 heavy (non-hydrogen) atoms. The predicted molar refractivity (Wildman–Crippen MR) is 80.1 cm³/mol. The fraction of sp³-hybridized carbons (Fsp3) is 1.00. The van der Waals surface area contributed by atoms with E-state index in [-0.39, 0.29) is 12.1 Å². The Bertz CT molecular complexity index is 261. The van der Waals surface area contributed by atoms with Crippen molar-refractivity contribution in [3.63, 3.8) is 0 Å². The summed E-state index contributed by atoms with van der Waals surface area (Å²) in [7, 11) is 0. The second kappa shape index (κ2) is 7.05. The molecule has 0 amide bonds.